The summed E-state index contributed by atoms with van der Waals surface area (Å²) in [5, 5.41) is 4.19. The van der Waals surface area contributed by atoms with Crippen LogP contribution in [0.25, 0.3) is 0 Å². The number of alkyl halides is 2. The van der Waals surface area contributed by atoms with E-state index in [0.717, 1.165) is 5.56 Å². The molecular formula is C9H9Cl4N. The van der Waals surface area contributed by atoms with Crippen LogP contribution in [0.1, 0.15) is 5.56 Å². The topological polar surface area (TPSA) is 12.0 Å². The van der Waals surface area contributed by atoms with Crippen molar-refractivity contribution in [1.82, 2.24) is 5.32 Å². The van der Waals surface area contributed by atoms with Gasteiger partial charge in [0.05, 0.1) is 10.0 Å². The second-order valence-corrected chi connectivity index (χ2v) is 4.80. The highest BCUT2D eigenvalue weighted by Crippen LogP contribution is 2.25. The van der Waals surface area contributed by atoms with Crippen LogP contribution in [0.2, 0.25) is 10.0 Å². The lowest BCUT2D eigenvalue weighted by Gasteiger charge is -2.07. The zero-order valence-electron chi connectivity index (χ0n) is 7.24. The van der Waals surface area contributed by atoms with Gasteiger partial charge in [-0.3, -0.25) is 0 Å². The predicted octanol–water partition coefficient (Wildman–Crippen LogP) is 3.89. The van der Waals surface area contributed by atoms with Crippen molar-refractivity contribution in [2.24, 2.45) is 0 Å². The van der Waals surface area contributed by atoms with Crippen molar-refractivity contribution in [2.75, 3.05) is 6.54 Å². The molecule has 5 heteroatoms. The lowest BCUT2D eigenvalue weighted by Crippen LogP contribution is -2.19. The van der Waals surface area contributed by atoms with Gasteiger partial charge in [-0.2, -0.15) is 0 Å². The molecule has 1 aromatic rings. The minimum absolute atomic E-state index is 0.409. The first-order valence-electron chi connectivity index (χ1n) is 4.03. The molecule has 0 radical (unpaired) electrons. The maximum Gasteiger partial charge on any atom is 0.120 e. The van der Waals surface area contributed by atoms with E-state index in [9.17, 15) is 0 Å². The average molecular weight is 273 g/mol. The highest BCUT2D eigenvalue weighted by Gasteiger charge is 2.04. The number of hydrogen-bond donors (Lipinski definition) is 1. The van der Waals surface area contributed by atoms with Gasteiger partial charge in [-0.05, 0) is 11.6 Å². The van der Waals surface area contributed by atoms with Crippen molar-refractivity contribution in [1.29, 1.82) is 0 Å². The highest BCUT2D eigenvalue weighted by atomic mass is 35.5. The first-order valence-corrected chi connectivity index (χ1v) is 5.66. The summed E-state index contributed by atoms with van der Waals surface area (Å²) in [5.74, 6) is 0. The Bertz CT molecular complexity index is 301. The van der Waals surface area contributed by atoms with E-state index >= 15 is 0 Å². The van der Waals surface area contributed by atoms with Crippen LogP contribution in [0.3, 0.4) is 0 Å². The first kappa shape index (κ1) is 12.4. The van der Waals surface area contributed by atoms with E-state index in [1.54, 1.807) is 6.07 Å². The Balaban J connectivity index is 2.54. The Hall–Kier alpha value is 0.340. The second-order valence-electron chi connectivity index (χ2n) is 2.73. The van der Waals surface area contributed by atoms with Crippen LogP contribution in [-0.4, -0.2) is 11.4 Å². The van der Waals surface area contributed by atoms with Crippen LogP contribution < -0.4 is 5.32 Å². The van der Waals surface area contributed by atoms with Gasteiger partial charge in [0, 0.05) is 13.1 Å². The quantitative estimate of drug-likeness (QED) is 0.820. The predicted molar refractivity (Wildman–Crippen MR) is 63.7 cm³/mol. The number of hydrogen-bond acceptors (Lipinski definition) is 1. The smallest absolute Gasteiger partial charge is 0.120 e. The largest absolute Gasteiger partial charge is 0.310 e. The van der Waals surface area contributed by atoms with Crippen molar-refractivity contribution >= 4 is 46.4 Å². The number of rotatable bonds is 4. The molecule has 0 spiro atoms. The summed E-state index contributed by atoms with van der Waals surface area (Å²) in [6.45, 7) is 1.13. The molecule has 0 heterocycles. The van der Waals surface area contributed by atoms with Crippen molar-refractivity contribution in [3.8, 4) is 0 Å². The number of halogens is 4. The molecule has 0 aromatic heterocycles. The van der Waals surface area contributed by atoms with Crippen LogP contribution in [0.4, 0.5) is 0 Å². The molecule has 1 N–H and O–H groups in total. The van der Waals surface area contributed by atoms with Crippen molar-refractivity contribution in [2.45, 2.75) is 11.4 Å². The molecule has 78 valence electrons. The van der Waals surface area contributed by atoms with Gasteiger partial charge in [0.1, 0.15) is 4.84 Å². The van der Waals surface area contributed by atoms with E-state index in [2.05, 4.69) is 5.32 Å². The van der Waals surface area contributed by atoms with E-state index in [1.807, 2.05) is 12.1 Å². The maximum absolute atomic E-state index is 5.97. The molecule has 0 bridgehead atoms. The maximum atomic E-state index is 5.97. The van der Waals surface area contributed by atoms with Gasteiger partial charge in [0.25, 0.3) is 0 Å². The molecule has 0 saturated carbocycles. The Morgan fingerprint density at radius 2 is 1.93 bits per heavy atom. The molecule has 1 rings (SSSR count). The van der Waals surface area contributed by atoms with Crippen molar-refractivity contribution in [3.63, 3.8) is 0 Å². The van der Waals surface area contributed by atoms with E-state index in [0.29, 0.717) is 23.1 Å². The highest BCUT2D eigenvalue weighted by molar-refractivity contribution is 6.44. The van der Waals surface area contributed by atoms with Gasteiger partial charge in [0.15, 0.2) is 0 Å². The third-order valence-electron chi connectivity index (χ3n) is 1.65. The van der Waals surface area contributed by atoms with Gasteiger partial charge < -0.3 is 5.32 Å². The lowest BCUT2D eigenvalue weighted by molar-refractivity contribution is 0.716. The summed E-state index contributed by atoms with van der Waals surface area (Å²) in [6, 6.07) is 5.50. The van der Waals surface area contributed by atoms with E-state index in [1.165, 1.54) is 0 Å². The Morgan fingerprint density at radius 3 is 2.57 bits per heavy atom. The van der Waals surface area contributed by atoms with Gasteiger partial charge >= 0.3 is 0 Å². The third kappa shape index (κ3) is 3.84. The van der Waals surface area contributed by atoms with Gasteiger partial charge in [0.2, 0.25) is 0 Å². The summed E-state index contributed by atoms with van der Waals surface area (Å²) in [5.41, 5.74) is 0.938. The van der Waals surface area contributed by atoms with Crippen LogP contribution in [0.15, 0.2) is 18.2 Å². The second kappa shape index (κ2) is 6.04. The fraction of sp³-hybridized carbons (Fsp3) is 0.333. The lowest BCUT2D eigenvalue weighted by atomic mass is 10.2. The zero-order valence-corrected chi connectivity index (χ0v) is 10.3. The molecule has 14 heavy (non-hydrogen) atoms. The van der Waals surface area contributed by atoms with E-state index < -0.39 is 4.84 Å². The summed E-state index contributed by atoms with van der Waals surface area (Å²) in [4.78, 5) is -0.409. The Labute approximate surface area is 103 Å². The number of nitrogens with one attached hydrogen (secondary N) is 1. The average Bonchev–Trinajstić information content (AvgIpc) is 2.12. The normalized spacial score (nSPS) is 10.9. The molecule has 0 amide bonds. The molecule has 0 saturated heterocycles. The minimum Gasteiger partial charge on any atom is -0.310 e. The molecule has 0 aliphatic heterocycles. The first-order chi connectivity index (χ1) is 6.61. The molecule has 1 aromatic carbocycles. The van der Waals surface area contributed by atoms with E-state index in [-0.39, 0.29) is 0 Å². The Morgan fingerprint density at radius 1 is 1.21 bits per heavy atom. The summed E-state index contributed by atoms with van der Waals surface area (Å²) in [7, 11) is 0. The van der Waals surface area contributed by atoms with Gasteiger partial charge in [-0.25, -0.2) is 0 Å². The molecule has 0 aliphatic carbocycles. The zero-order chi connectivity index (χ0) is 10.6. The fourth-order valence-corrected chi connectivity index (χ4v) is 1.61. The van der Waals surface area contributed by atoms with Crippen LogP contribution >= 0.6 is 46.4 Å². The summed E-state index contributed by atoms with van der Waals surface area (Å²) in [6.07, 6.45) is 0. The molecule has 0 atom stereocenters. The molecule has 0 unspecified atom stereocenters. The van der Waals surface area contributed by atoms with Crippen LogP contribution in [-0.2, 0) is 6.54 Å². The minimum atomic E-state index is -0.409. The Kier molecular flexibility index (Phi) is 5.35. The summed E-state index contributed by atoms with van der Waals surface area (Å²) < 4.78 is 0. The molecule has 0 fully saturated rings. The van der Waals surface area contributed by atoms with Gasteiger partial charge in [-0.15, -0.1) is 23.2 Å². The van der Waals surface area contributed by atoms with Crippen LogP contribution in [0.5, 0.6) is 0 Å². The summed E-state index contributed by atoms with van der Waals surface area (Å²) >= 11 is 22.9. The van der Waals surface area contributed by atoms with Gasteiger partial charge in [-0.1, -0.05) is 35.3 Å². The number of benzene rings is 1. The fourth-order valence-electron chi connectivity index (χ4n) is 1.00. The SMILES string of the molecule is Clc1cccc(CNCC(Cl)Cl)c1Cl. The standard InChI is InChI=1S/C9H9Cl4N/c10-7-3-1-2-6(9(7)13)4-14-5-8(11)12/h1-3,8,14H,4-5H2. The van der Waals surface area contributed by atoms with E-state index in [4.69, 9.17) is 46.4 Å². The van der Waals surface area contributed by atoms with Crippen LogP contribution in [0, 0.1) is 0 Å². The monoisotopic (exact) mass is 271 g/mol. The third-order valence-corrected chi connectivity index (χ3v) is 2.81. The molecule has 1 nitrogen and oxygen atoms in total. The molecular weight excluding hydrogens is 264 g/mol. The van der Waals surface area contributed by atoms with Crippen molar-refractivity contribution < 1.29 is 0 Å². The molecule has 0 aliphatic rings. The van der Waals surface area contributed by atoms with Crippen molar-refractivity contribution in [3.05, 3.63) is 33.8 Å².